The lowest BCUT2D eigenvalue weighted by Crippen LogP contribution is -2.57. The molecule has 4 heterocycles. The van der Waals surface area contributed by atoms with Gasteiger partial charge in [0.1, 0.15) is 11.8 Å². The average Bonchev–Trinajstić information content (AvgIpc) is 3.13. The maximum absolute atomic E-state index is 15.4. The predicted octanol–water partition coefficient (Wildman–Crippen LogP) is 2.64. The first-order valence-corrected chi connectivity index (χ1v) is 10.9. The van der Waals surface area contributed by atoms with Gasteiger partial charge in [-0.25, -0.2) is 23.7 Å². The number of hydrogen-bond donors (Lipinski definition) is 1. The fraction of sp³-hybridized carbons (Fsp3) is 0.643. The molecule has 15 heteroatoms. The van der Waals surface area contributed by atoms with E-state index in [9.17, 15) is 8.78 Å². The van der Waals surface area contributed by atoms with Crippen molar-refractivity contribution in [2.24, 2.45) is 0 Å². The van der Waals surface area contributed by atoms with Gasteiger partial charge in [0.15, 0.2) is 23.2 Å². The lowest BCUT2D eigenvalue weighted by Gasteiger charge is -2.41. The van der Waals surface area contributed by atoms with Gasteiger partial charge in [0.25, 0.3) is 6.43 Å². The lowest BCUT2D eigenvalue weighted by atomic mass is 9.96. The number of ether oxygens (including phenoxy) is 1. The first kappa shape index (κ1) is 20.8. The molecule has 0 saturated carbocycles. The highest BCUT2D eigenvalue weighted by Gasteiger charge is 2.75. The fourth-order valence-electron chi connectivity index (χ4n) is 3.24. The van der Waals surface area contributed by atoms with Crippen molar-refractivity contribution in [1.82, 2.24) is 19.5 Å². The lowest BCUT2D eigenvalue weighted by molar-refractivity contribution is -0.204. The van der Waals surface area contributed by atoms with Crippen LogP contribution in [0, 0.1) is 0 Å². The third kappa shape index (κ3) is 3.13. The summed E-state index contributed by atoms with van der Waals surface area (Å²) in [6.45, 7) is -1.44. The number of nitrogens with zero attached hydrogens (tertiary/aromatic N) is 4. The Balaban J connectivity index is 1.79. The van der Waals surface area contributed by atoms with Gasteiger partial charge in [-0.1, -0.05) is 0 Å². The van der Waals surface area contributed by atoms with Gasteiger partial charge < -0.3 is 19.5 Å². The molecule has 4 rings (SSSR count). The van der Waals surface area contributed by atoms with E-state index in [-0.39, 0.29) is 17.0 Å². The highest BCUT2D eigenvalue weighted by atomic mass is 32.5. The van der Waals surface area contributed by atoms with Crippen LogP contribution in [-0.2, 0) is 30.1 Å². The Morgan fingerprint density at radius 1 is 1.34 bits per heavy atom. The number of alkyl halides is 4. The van der Waals surface area contributed by atoms with Gasteiger partial charge in [-0.15, -0.1) is 0 Å². The first-order chi connectivity index (χ1) is 13.5. The number of fused-ring (bicyclic) bond motifs is 2. The second-order valence-corrected chi connectivity index (χ2v) is 9.76. The molecule has 0 amide bonds. The molecule has 4 unspecified atom stereocenters. The van der Waals surface area contributed by atoms with Gasteiger partial charge in [-0.2, -0.15) is 8.78 Å². The van der Waals surface area contributed by atoms with Crippen molar-refractivity contribution in [3.05, 3.63) is 12.7 Å². The molecule has 9 nitrogen and oxygen atoms in total. The van der Waals surface area contributed by atoms with Gasteiger partial charge in [-0.05, 0) is 25.7 Å². The van der Waals surface area contributed by atoms with Gasteiger partial charge in [0, 0.05) is 0 Å². The summed E-state index contributed by atoms with van der Waals surface area (Å²) < 4.78 is 80.4. The van der Waals surface area contributed by atoms with Gasteiger partial charge in [0.05, 0.1) is 19.0 Å². The number of halogens is 4. The SMILES string of the molecule is CC(C)OP1(=S)OCC2(C(F)F)OC(n3cnc4c(N)ncnc43)C(F)(F)C2O1. The van der Waals surface area contributed by atoms with Crippen molar-refractivity contribution in [3.63, 3.8) is 0 Å². The van der Waals surface area contributed by atoms with E-state index >= 15 is 8.78 Å². The highest BCUT2D eigenvalue weighted by Crippen LogP contribution is 2.64. The minimum atomic E-state index is -3.95. The molecule has 29 heavy (non-hydrogen) atoms. The van der Waals surface area contributed by atoms with Crippen LogP contribution < -0.4 is 5.73 Å². The van der Waals surface area contributed by atoms with Crippen molar-refractivity contribution in [3.8, 4) is 0 Å². The summed E-state index contributed by atoms with van der Waals surface area (Å²) in [7, 11) is 0. The van der Waals surface area contributed by atoms with Crippen molar-refractivity contribution in [2.45, 2.75) is 50.2 Å². The zero-order valence-electron chi connectivity index (χ0n) is 15.0. The van der Waals surface area contributed by atoms with E-state index in [4.69, 9.17) is 35.8 Å². The van der Waals surface area contributed by atoms with Crippen molar-refractivity contribution in [2.75, 3.05) is 12.3 Å². The molecule has 2 fully saturated rings. The fourth-order valence-corrected chi connectivity index (χ4v) is 5.80. The Kier molecular flexibility index (Phi) is 4.87. The topological polar surface area (TPSA) is 107 Å². The van der Waals surface area contributed by atoms with Crippen LogP contribution in [0.5, 0.6) is 0 Å². The minimum Gasteiger partial charge on any atom is -0.382 e. The minimum absolute atomic E-state index is 0.0262. The van der Waals surface area contributed by atoms with Crippen LogP contribution in [-0.4, -0.2) is 56.3 Å². The second kappa shape index (κ2) is 6.79. The van der Waals surface area contributed by atoms with E-state index < -0.39 is 49.7 Å². The third-order valence-corrected chi connectivity index (χ3v) is 6.91. The number of aromatic nitrogens is 4. The molecule has 2 aliphatic heterocycles. The monoisotopic (exact) mass is 457 g/mol. The molecular formula is C14H16F4N5O4PS. The highest BCUT2D eigenvalue weighted by molar-refractivity contribution is 8.07. The second-order valence-electron chi connectivity index (χ2n) is 6.84. The van der Waals surface area contributed by atoms with Crippen LogP contribution in [0.2, 0.25) is 0 Å². The summed E-state index contributed by atoms with van der Waals surface area (Å²) in [5.74, 6) is -4.01. The molecule has 0 aliphatic carbocycles. The van der Waals surface area contributed by atoms with Crippen molar-refractivity contribution < 1.29 is 35.9 Å². The van der Waals surface area contributed by atoms with Gasteiger partial charge in [-0.3, -0.25) is 9.09 Å². The Morgan fingerprint density at radius 3 is 2.72 bits per heavy atom. The number of anilines is 1. The molecule has 2 N–H and O–H groups in total. The van der Waals surface area contributed by atoms with E-state index in [1.165, 1.54) is 0 Å². The first-order valence-electron chi connectivity index (χ1n) is 8.38. The molecule has 0 aromatic carbocycles. The standard InChI is InChI=1S/C14H16F4N5O4PS/c1-6(2)26-28(29)24-3-13(11(15)16)10(27-28)14(17,18)12(25-13)23-5-22-7-8(19)20-4-21-9(7)23/h4-6,10-12H,3H2,1-2H3,(H2,19,20,21). The molecule has 2 saturated heterocycles. The van der Waals surface area contributed by atoms with Crippen LogP contribution in [0.25, 0.3) is 11.2 Å². The summed E-state index contributed by atoms with van der Waals surface area (Å²) in [5, 5.41) is 0. The van der Waals surface area contributed by atoms with Crippen LogP contribution in [0.4, 0.5) is 23.4 Å². The maximum atomic E-state index is 15.4. The molecule has 0 bridgehead atoms. The number of nitrogen functional groups attached to an aromatic ring is 1. The summed E-state index contributed by atoms with van der Waals surface area (Å²) >= 11 is 5.08. The van der Waals surface area contributed by atoms with Crippen molar-refractivity contribution >= 4 is 35.5 Å². The molecule has 2 aromatic rings. The van der Waals surface area contributed by atoms with Crippen LogP contribution in [0.3, 0.4) is 0 Å². The molecule has 0 spiro atoms. The predicted molar refractivity (Wildman–Crippen MR) is 94.9 cm³/mol. The van der Waals surface area contributed by atoms with E-state index in [0.717, 1.165) is 17.2 Å². The molecule has 0 radical (unpaired) electrons. The van der Waals surface area contributed by atoms with E-state index in [2.05, 4.69) is 15.0 Å². The molecule has 2 aliphatic rings. The summed E-state index contributed by atoms with van der Waals surface area (Å²) in [4.78, 5) is 11.5. The normalized spacial score (nSPS) is 34.2. The van der Waals surface area contributed by atoms with E-state index in [1.807, 2.05) is 0 Å². The number of imidazole rings is 1. The third-order valence-electron chi connectivity index (χ3n) is 4.49. The Labute approximate surface area is 166 Å². The van der Waals surface area contributed by atoms with Crippen molar-refractivity contribution in [1.29, 1.82) is 0 Å². The summed E-state index contributed by atoms with van der Waals surface area (Å²) in [6.07, 6.45) is -6.51. The van der Waals surface area contributed by atoms with Crippen LogP contribution in [0.15, 0.2) is 12.7 Å². The quantitative estimate of drug-likeness (QED) is 0.548. The molecule has 160 valence electrons. The van der Waals surface area contributed by atoms with Crippen LogP contribution in [0.1, 0.15) is 20.1 Å². The Morgan fingerprint density at radius 2 is 2.07 bits per heavy atom. The maximum Gasteiger partial charge on any atom is 0.328 e. The molecule has 2 aromatic heterocycles. The smallest absolute Gasteiger partial charge is 0.328 e. The largest absolute Gasteiger partial charge is 0.382 e. The van der Waals surface area contributed by atoms with Gasteiger partial charge >= 0.3 is 12.6 Å². The Bertz CT molecular complexity index is 994. The van der Waals surface area contributed by atoms with E-state index in [1.54, 1.807) is 13.8 Å². The summed E-state index contributed by atoms with van der Waals surface area (Å²) in [6, 6.07) is 0. The van der Waals surface area contributed by atoms with Crippen LogP contribution >= 0.6 is 6.72 Å². The zero-order valence-corrected chi connectivity index (χ0v) is 16.7. The Hall–Kier alpha value is -1.44. The average molecular weight is 457 g/mol. The number of rotatable bonds is 4. The summed E-state index contributed by atoms with van der Waals surface area (Å²) in [5.41, 5.74) is 2.82. The molecule has 4 atom stereocenters. The molecular weight excluding hydrogens is 441 g/mol. The number of nitrogens with two attached hydrogens (primary N) is 1. The number of hydrogen-bond acceptors (Lipinski definition) is 9. The van der Waals surface area contributed by atoms with E-state index in [0.29, 0.717) is 0 Å². The van der Waals surface area contributed by atoms with Gasteiger partial charge in [0.2, 0.25) is 6.23 Å². The zero-order chi connectivity index (χ0) is 21.2.